The first-order chi connectivity index (χ1) is 9.42. The lowest BCUT2D eigenvalue weighted by Crippen LogP contribution is -2.38. The van der Waals surface area contributed by atoms with E-state index in [0.717, 1.165) is 12.8 Å². The van der Waals surface area contributed by atoms with Gasteiger partial charge in [-0.3, -0.25) is 4.79 Å². The number of nitriles is 1. The van der Waals surface area contributed by atoms with Crippen LogP contribution < -0.4 is 15.8 Å². The van der Waals surface area contributed by atoms with E-state index in [2.05, 4.69) is 10.0 Å². The van der Waals surface area contributed by atoms with Gasteiger partial charge in [-0.2, -0.15) is 5.26 Å². The molecule has 2 rings (SSSR count). The Labute approximate surface area is 116 Å². The fourth-order valence-electron chi connectivity index (χ4n) is 1.61. The van der Waals surface area contributed by atoms with Crippen LogP contribution in [0.25, 0.3) is 0 Å². The van der Waals surface area contributed by atoms with Crippen LogP contribution in [0.4, 0.5) is 5.69 Å². The monoisotopic (exact) mass is 294 g/mol. The van der Waals surface area contributed by atoms with Crippen LogP contribution in [0.15, 0.2) is 23.1 Å². The van der Waals surface area contributed by atoms with E-state index >= 15 is 0 Å². The lowest BCUT2D eigenvalue weighted by molar-refractivity contribution is -0.120. The van der Waals surface area contributed by atoms with E-state index in [0.29, 0.717) is 5.69 Å². The van der Waals surface area contributed by atoms with Crippen LogP contribution in [-0.4, -0.2) is 26.9 Å². The van der Waals surface area contributed by atoms with Gasteiger partial charge in [-0.1, -0.05) is 0 Å². The first-order valence-electron chi connectivity index (χ1n) is 6.01. The third kappa shape index (κ3) is 3.46. The topological polar surface area (TPSA) is 125 Å². The highest BCUT2D eigenvalue weighted by molar-refractivity contribution is 7.89. The summed E-state index contributed by atoms with van der Waals surface area (Å²) in [4.78, 5) is 11.3. The zero-order valence-electron chi connectivity index (χ0n) is 10.6. The van der Waals surface area contributed by atoms with Crippen molar-refractivity contribution >= 4 is 21.6 Å². The SMILES string of the molecule is N#Cc1cc(N)ccc1S(=O)(=O)NCC(=O)NC1CC1. The maximum absolute atomic E-state index is 12.0. The summed E-state index contributed by atoms with van der Waals surface area (Å²) >= 11 is 0. The first kappa shape index (κ1) is 14.3. The van der Waals surface area contributed by atoms with Crippen LogP contribution in [0.5, 0.6) is 0 Å². The zero-order chi connectivity index (χ0) is 14.8. The van der Waals surface area contributed by atoms with Gasteiger partial charge in [0.15, 0.2) is 0 Å². The maximum Gasteiger partial charge on any atom is 0.242 e. The minimum atomic E-state index is -3.92. The van der Waals surface area contributed by atoms with E-state index < -0.39 is 10.0 Å². The molecule has 1 saturated carbocycles. The van der Waals surface area contributed by atoms with Crippen LogP contribution in [-0.2, 0) is 14.8 Å². The van der Waals surface area contributed by atoms with Gasteiger partial charge < -0.3 is 11.1 Å². The molecule has 0 unspecified atom stereocenters. The van der Waals surface area contributed by atoms with E-state index in [9.17, 15) is 13.2 Å². The smallest absolute Gasteiger partial charge is 0.242 e. The second-order valence-electron chi connectivity index (χ2n) is 4.53. The molecule has 8 heteroatoms. The third-order valence-corrected chi connectivity index (χ3v) is 4.24. The molecule has 0 aromatic heterocycles. The second-order valence-corrected chi connectivity index (χ2v) is 6.27. The maximum atomic E-state index is 12.0. The molecule has 1 aliphatic rings. The minimum Gasteiger partial charge on any atom is -0.399 e. The van der Waals surface area contributed by atoms with Crippen LogP contribution in [0.3, 0.4) is 0 Å². The van der Waals surface area contributed by atoms with Gasteiger partial charge in [-0.05, 0) is 31.0 Å². The number of rotatable bonds is 5. The molecule has 0 heterocycles. The number of carbonyl (C=O) groups is 1. The summed E-state index contributed by atoms with van der Waals surface area (Å²) in [5, 5.41) is 11.6. The molecule has 20 heavy (non-hydrogen) atoms. The van der Waals surface area contributed by atoms with Crippen LogP contribution in [0.1, 0.15) is 18.4 Å². The zero-order valence-corrected chi connectivity index (χ0v) is 11.4. The lowest BCUT2D eigenvalue weighted by Gasteiger charge is -2.09. The fraction of sp³-hybridized carbons (Fsp3) is 0.333. The molecule has 0 aliphatic heterocycles. The number of sulfonamides is 1. The van der Waals surface area contributed by atoms with Crippen LogP contribution in [0.2, 0.25) is 0 Å². The Morgan fingerprint density at radius 2 is 2.15 bits per heavy atom. The number of nitrogens with one attached hydrogen (secondary N) is 2. The van der Waals surface area contributed by atoms with E-state index in [1.807, 2.05) is 0 Å². The Bertz CT molecular complexity index is 674. The molecule has 0 atom stereocenters. The van der Waals surface area contributed by atoms with Crippen molar-refractivity contribution in [2.75, 3.05) is 12.3 Å². The number of nitrogen functional groups attached to an aromatic ring is 1. The van der Waals surface area contributed by atoms with Gasteiger partial charge in [0.05, 0.1) is 17.0 Å². The Balaban J connectivity index is 2.09. The van der Waals surface area contributed by atoms with Crippen molar-refractivity contribution in [2.45, 2.75) is 23.8 Å². The van der Waals surface area contributed by atoms with Crippen molar-refractivity contribution in [3.63, 3.8) is 0 Å². The van der Waals surface area contributed by atoms with Crippen molar-refractivity contribution < 1.29 is 13.2 Å². The molecule has 0 radical (unpaired) electrons. The van der Waals surface area contributed by atoms with Gasteiger partial charge in [0, 0.05) is 11.7 Å². The Morgan fingerprint density at radius 3 is 2.75 bits per heavy atom. The van der Waals surface area contributed by atoms with Crippen LogP contribution >= 0.6 is 0 Å². The molecule has 0 saturated heterocycles. The standard InChI is InChI=1S/C12H14N4O3S/c13-6-8-5-9(14)1-4-11(8)20(18,19)15-7-12(17)16-10-2-3-10/h1,4-5,10,15H,2-3,7,14H2,(H,16,17). The normalized spacial score (nSPS) is 14.6. The molecular formula is C12H14N4O3S. The van der Waals surface area contributed by atoms with Crippen molar-refractivity contribution in [1.82, 2.24) is 10.0 Å². The molecule has 0 spiro atoms. The van der Waals surface area contributed by atoms with Gasteiger partial charge in [0.25, 0.3) is 0 Å². The number of carbonyl (C=O) groups excluding carboxylic acids is 1. The highest BCUT2D eigenvalue weighted by Crippen LogP contribution is 2.19. The van der Waals surface area contributed by atoms with Gasteiger partial charge in [0.2, 0.25) is 15.9 Å². The number of nitrogens with zero attached hydrogens (tertiary/aromatic N) is 1. The molecular weight excluding hydrogens is 280 g/mol. The van der Waals surface area contributed by atoms with E-state index in [1.165, 1.54) is 18.2 Å². The Hall–Kier alpha value is -2.11. The number of amides is 1. The summed E-state index contributed by atoms with van der Waals surface area (Å²) in [5.74, 6) is -0.384. The summed E-state index contributed by atoms with van der Waals surface area (Å²) < 4.78 is 26.3. The average molecular weight is 294 g/mol. The predicted molar refractivity (Wildman–Crippen MR) is 71.9 cm³/mol. The van der Waals surface area contributed by atoms with Gasteiger partial charge in [0.1, 0.15) is 6.07 Å². The van der Waals surface area contributed by atoms with E-state index in [4.69, 9.17) is 11.0 Å². The summed E-state index contributed by atoms with van der Waals surface area (Å²) in [6, 6.07) is 5.85. The first-order valence-corrected chi connectivity index (χ1v) is 7.49. The summed E-state index contributed by atoms with van der Waals surface area (Å²) in [5.41, 5.74) is 5.74. The molecule has 0 bridgehead atoms. The fourth-order valence-corrected chi connectivity index (χ4v) is 2.73. The van der Waals surface area contributed by atoms with Crippen molar-refractivity contribution in [1.29, 1.82) is 5.26 Å². The Kier molecular flexibility index (Phi) is 3.92. The molecule has 1 fully saturated rings. The number of hydrogen-bond acceptors (Lipinski definition) is 5. The van der Waals surface area contributed by atoms with Gasteiger partial charge in [-0.15, -0.1) is 0 Å². The number of benzene rings is 1. The molecule has 1 aromatic rings. The summed E-state index contributed by atoms with van der Waals surface area (Å²) in [6.07, 6.45) is 1.85. The molecule has 1 aliphatic carbocycles. The van der Waals surface area contributed by atoms with Crippen molar-refractivity contribution in [3.05, 3.63) is 23.8 Å². The second kappa shape index (κ2) is 5.48. The highest BCUT2D eigenvalue weighted by Gasteiger charge is 2.24. The van der Waals surface area contributed by atoms with Gasteiger partial charge >= 0.3 is 0 Å². The molecule has 1 amide bonds. The minimum absolute atomic E-state index is 0.0555. The number of hydrogen-bond donors (Lipinski definition) is 3. The third-order valence-electron chi connectivity index (χ3n) is 2.78. The number of nitrogens with two attached hydrogens (primary N) is 1. The van der Waals surface area contributed by atoms with Crippen LogP contribution in [0, 0.1) is 11.3 Å². The summed E-state index contributed by atoms with van der Waals surface area (Å²) in [6.45, 7) is -0.353. The van der Waals surface area contributed by atoms with Crippen molar-refractivity contribution in [3.8, 4) is 6.07 Å². The van der Waals surface area contributed by atoms with Crippen molar-refractivity contribution in [2.24, 2.45) is 0 Å². The number of anilines is 1. The summed E-state index contributed by atoms with van der Waals surface area (Å²) in [7, 11) is -3.92. The predicted octanol–water partition coefficient (Wildman–Crippen LogP) is -0.303. The van der Waals surface area contributed by atoms with E-state index in [1.54, 1.807) is 6.07 Å². The largest absolute Gasteiger partial charge is 0.399 e. The average Bonchev–Trinajstić information content (AvgIpc) is 3.20. The molecule has 106 valence electrons. The molecule has 1 aromatic carbocycles. The molecule has 4 N–H and O–H groups in total. The van der Waals surface area contributed by atoms with Gasteiger partial charge in [-0.25, -0.2) is 13.1 Å². The lowest BCUT2D eigenvalue weighted by atomic mass is 10.2. The highest BCUT2D eigenvalue weighted by atomic mass is 32.2. The quantitative estimate of drug-likeness (QED) is 0.643. The van der Waals surface area contributed by atoms with E-state index in [-0.39, 0.29) is 29.0 Å². The molecule has 7 nitrogen and oxygen atoms in total. The Morgan fingerprint density at radius 1 is 1.45 bits per heavy atom.